The first-order valence-corrected chi connectivity index (χ1v) is 7.05. The molecule has 0 aliphatic carbocycles. The van der Waals surface area contributed by atoms with E-state index in [1.807, 2.05) is 13.8 Å². The topological polar surface area (TPSA) is 61.2 Å². The standard InChI is InChI=1S/C17H17FN2O3/c1-11(21)10-23-17(22)9-8-16-12(2)19-20(13(16)3)15-6-4-14(18)5-7-15/h4-9H,10H2,1-3H3/b9-8+. The molecule has 0 aliphatic heterocycles. The Kier molecular flexibility index (Phi) is 5.05. The molecule has 2 aromatic rings. The van der Waals surface area contributed by atoms with Gasteiger partial charge in [-0.15, -0.1) is 0 Å². The van der Waals surface area contributed by atoms with Crippen molar-refractivity contribution >= 4 is 17.8 Å². The Morgan fingerprint density at radius 3 is 2.52 bits per heavy atom. The van der Waals surface area contributed by atoms with Crippen LogP contribution < -0.4 is 0 Å². The van der Waals surface area contributed by atoms with Gasteiger partial charge in [0.1, 0.15) is 12.4 Å². The summed E-state index contributed by atoms with van der Waals surface area (Å²) in [6.45, 7) is 4.77. The Labute approximate surface area is 133 Å². The molecule has 0 radical (unpaired) electrons. The van der Waals surface area contributed by atoms with Crippen molar-refractivity contribution in [2.75, 3.05) is 6.61 Å². The number of hydrogen-bond acceptors (Lipinski definition) is 4. The van der Waals surface area contributed by atoms with E-state index in [0.717, 1.165) is 22.6 Å². The summed E-state index contributed by atoms with van der Waals surface area (Å²) >= 11 is 0. The van der Waals surface area contributed by atoms with E-state index in [1.165, 1.54) is 25.1 Å². The van der Waals surface area contributed by atoms with Crippen LogP contribution in [0.5, 0.6) is 0 Å². The number of Topliss-reactive ketones (excluding diaryl/α,β-unsaturated/α-hetero) is 1. The van der Waals surface area contributed by atoms with Crippen molar-refractivity contribution in [3.8, 4) is 5.69 Å². The van der Waals surface area contributed by atoms with Gasteiger partial charge in [-0.2, -0.15) is 5.10 Å². The maximum absolute atomic E-state index is 13.0. The van der Waals surface area contributed by atoms with Crippen LogP contribution in [0, 0.1) is 19.7 Å². The third-order valence-corrected chi connectivity index (χ3v) is 3.22. The molecule has 2 rings (SSSR count). The van der Waals surface area contributed by atoms with E-state index in [2.05, 4.69) is 5.10 Å². The Hall–Kier alpha value is -2.76. The maximum atomic E-state index is 13.0. The van der Waals surface area contributed by atoms with Gasteiger partial charge in [0.05, 0.1) is 11.4 Å². The van der Waals surface area contributed by atoms with Crippen LogP contribution in [0.2, 0.25) is 0 Å². The van der Waals surface area contributed by atoms with Crippen molar-refractivity contribution in [3.63, 3.8) is 0 Å². The highest BCUT2D eigenvalue weighted by Gasteiger charge is 2.11. The van der Waals surface area contributed by atoms with Crippen molar-refractivity contribution in [1.29, 1.82) is 0 Å². The Morgan fingerprint density at radius 2 is 1.91 bits per heavy atom. The van der Waals surface area contributed by atoms with E-state index in [9.17, 15) is 14.0 Å². The number of carbonyl (C=O) groups excluding carboxylic acids is 2. The molecule has 120 valence electrons. The number of esters is 1. The number of aryl methyl sites for hydroxylation is 1. The van der Waals surface area contributed by atoms with Crippen LogP contribution >= 0.6 is 0 Å². The van der Waals surface area contributed by atoms with Crippen LogP contribution in [0.15, 0.2) is 30.3 Å². The normalized spacial score (nSPS) is 11.0. The third-order valence-electron chi connectivity index (χ3n) is 3.22. The van der Waals surface area contributed by atoms with Gasteiger partial charge in [0.25, 0.3) is 0 Å². The van der Waals surface area contributed by atoms with Gasteiger partial charge in [-0.05, 0) is 51.1 Å². The quantitative estimate of drug-likeness (QED) is 0.628. The largest absolute Gasteiger partial charge is 0.455 e. The Morgan fingerprint density at radius 1 is 1.26 bits per heavy atom. The molecular formula is C17H17FN2O3. The maximum Gasteiger partial charge on any atom is 0.331 e. The second kappa shape index (κ2) is 7.00. The molecule has 0 spiro atoms. The highest BCUT2D eigenvalue weighted by Crippen LogP contribution is 2.19. The molecule has 0 amide bonds. The number of carbonyl (C=O) groups is 2. The number of nitrogens with zero attached hydrogens (tertiary/aromatic N) is 2. The van der Waals surface area contributed by atoms with Crippen LogP contribution in [0.4, 0.5) is 4.39 Å². The molecular weight excluding hydrogens is 299 g/mol. The summed E-state index contributed by atoms with van der Waals surface area (Å²) < 4.78 is 19.5. The van der Waals surface area contributed by atoms with Gasteiger partial charge in [-0.1, -0.05) is 0 Å². The minimum absolute atomic E-state index is 0.219. The predicted octanol–water partition coefficient (Wildman–Crippen LogP) is 2.77. The van der Waals surface area contributed by atoms with Crippen LogP contribution in [-0.4, -0.2) is 28.1 Å². The smallest absolute Gasteiger partial charge is 0.331 e. The lowest BCUT2D eigenvalue weighted by atomic mass is 10.2. The average molecular weight is 316 g/mol. The van der Waals surface area contributed by atoms with Crippen LogP contribution in [0.3, 0.4) is 0 Å². The molecule has 6 heteroatoms. The molecule has 0 saturated heterocycles. The average Bonchev–Trinajstić information content (AvgIpc) is 2.79. The Bertz CT molecular complexity index is 761. The van der Waals surface area contributed by atoms with Crippen molar-refractivity contribution in [1.82, 2.24) is 9.78 Å². The zero-order valence-corrected chi connectivity index (χ0v) is 13.2. The van der Waals surface area contributed by atoms with Gasteiger partial charge in [-0.25, -0.2) is 13.9 Å². The molecule has 0 aliphatic rings. The fraction of sp³-hybridized carbons (Fsp3) is 0.235. The highest BCUT2D eigenvalue weighted by molar-refractivity contribution is 5.89. The van der Waals surface area contributed by atoms with Crippen LogP contribution in [0.25, 0.3) is 11.8 Å². The summed E-state index contributed by atoms with van der Waals surface area (Å²) in [5, 5.41) is 4.40. The molecule has 5 nitrogen and oxygen atoms in total. The van der Waals surface area contributed by atoms with E-state index < -0.39 is 5.97 Å². The fourth-order valence-corrected chi connectivity index (χ4v) is 2.10. The summed E-state index contributed by atoms with van der Waals surface area (Å²) in [5.41, 5.74) is 3.03. The highest BCUT2D eigenvalue weighted by atomic mass is 19.1. The van der Waals surface area contributed by atoms with Crippen molar-refractivity contribution in [2.45, 2.75) is 20.8 Å². The van der Waals surface area contributed by atoms with Crippen molar-refractivity contribution < 1.29 is 18.7 Å². The molecule has 1 aromatic carbocycles. The second-order valence-electron chi connectivity index (χ2n) is 5.12. The number of aromatic nitrogens is 2. The molecule has 0 atom stereocenters. The predicted molar refractivity (Wildman–Crippen MR) is 83.7 cm³/mol. The monoisotopic (exact) mass is 316 g/mol. The van der Waals surface area contributed by atoms with Gasteiger partial charge in [-0.3, -0.25) is 4.79 Å². The zero-order chi connectivity index (χ0) is 17.0. The minimum atomic E-state index is -0.589. The molecule has 23 heavy (non-hydrogen) atoms. The number of hydrogen-bond donors (Lipinski definition) is 0. The zero-order valence-electron chi connectivity index (χ0n) is 13.2. The van der Waals surface area contributed by atoms with E-state index in [1.54, 1.807) is 22.9 Å². The molecule has 1 heterocycles. The third kappa shape index (κ3) is 4.12. The van der Waals surface area contributed by atoms with Crippen molar-refractivity contribution in [3.05, 3.63) is 53.1 Å². The summed E-state index contributed by atoms with van der Waals surface area (Å²) in [4.78, 5) is 22.3. The van der Waals surface area contributed by atoms with E-state index in [-0.39, 0.29) is 18.2 Å². The molecule has 0 saturated carbocycles. The summed E-state index contributed by atoms with van der Waals surface area (Å²) in [6, 6.07) is 5.98. The molecule has 0 bridgehead atoms. The lowest BCUT2D eigenvalue weighted by molar-refractivity contribution is -0.142. The first-order chi connectivity index (χ1) is 10.9. The molecule has 0 unspecified atom stereocenters. The van der Waals surface area contributed by atoms with Crippen LogP contribution in [-0.2, 0) is 14.3 Å². The van der Waals surface area contributed by atoms with Gasteiger partial charge in [0.2, 0.25) is 0 Å². The van der Waals surface area contributed by atoms with Crippen LogP contribution in [0.1, 0.15) is 23.9 Å². The molecule has 0 N–H and O–H groups in total. The van der Waals surface area contributed by atoms with Gasteiger partial charge in [0.15, 0.2) is 5.78 Å². The second-order valence-corrected chi connectivity index (χ2v) is 5.12. The minimum Gasteiger partial charge on any atom is -0.455 e. The number of halogens is 1. The summed E-state index contributed by atoms with van der Waals surface area (Å²) in [5.74, 6) is -1.12. The molecule has 1 aromatic heterocycles. The van der Waals surface area contributed by atoms with E-state index in [0.29, 0.717) is 0 Å². The number of ketones is 1. The molecule has 0 fully saturated rings. The van der Waals surface area contributed by atoms with Gasteiger partial charge >= 0.3 is 5.97 Å². The SMILES string of the molecule is CC(=O)COC(=O)/C=C/c1c(C)nn(-c2ccc(F)cc2)c1C. The van der Waals surface area contributed by atoms with E-state index >= 15 is 0 Å². The summed E-state index contributed by atoms with van der Waals surface area (Å²) in [6.07, 6.45) is 2.86. The number of ether oxygens (including phenoxy) is 1. The first kappa shape index (κ1) is 16.6. The van der Waals surface area contributed by atoms with Crippen molar-refractivity contribution in [2.24, 2.45) is 0 Å². The number of benzene rings is 1. The van der Waals surface area contributed by atoms with Gasteiger partial charge in [0, 0.05) is 17.3 Å². The van der Waals surface area contributed by atoms with E-state index in [4.69, 9.17) is 4.74 Å². The first-order valence-electron chi connectivity index (χ1n) is 7.05. The van der Waals surface area contributed by atoms with Gasteiger partial charge < -0.3 is 4.74 Å². The lowest BCUT2D eigenvalue weighted by Gasteiger charge is -2.04. The summed E-state index contributed by atoms with van der Waals surface area (Å²) in [7, 11) is 0. The Balaban J connectivity index is 2.22. The number of rotatable bonds is 5. The lowest BCUT2D eigenvalue weighted by Crippen LogP contribution is -2.08. The fourth-order valence-electron chi connectivity index (χ4n) is 2.10.